The average Bonchev–Trinajstić information content (AvgIpc) is 4.11. The Kier molecular flexibility index (Phi) is 10.3. The van der Waals surface area contributed by atoms with Crippen molar-refractivity contribution in [1.82, 2.24) is 4.98 Å². The first-order chi connectivity index (χ1) is 39.9. The lowest BCUT2D eigenvalue weighted by Gasteiger charge is -2.48. The van der Waals surface area contributed by atoms with Crippen LogP contribution in [0.5, 0.6) is 0 Å². The Morgan fingerprint density at radius 1 is 0.247 bits per heavy atom. The summed E-state index contributed by atoms with van der Waals surface area (Å²) in [5.74, 6) is 0.476. The third-order valence-electron chi connectivity index (χ3n) is 16.7. The van der Waals surface area contributed by atoms with Crippen LogP contribution < -0.4 is 39.2 Å². The summed E-state index contributed by atoms with van der Waals surface area (Å²) in [5.41, 5.74) is 24.4. The number of rotatable bonds is 6. The van der Waals surface area contributed by atoms with E-state index < -0.39 is 0 Å². The van der Waals surface area contributed by atoms with Crippen molar-refractivity contribution >= 4 is 125 Å². The van der Waals surface area contributed by atoms with E-state index in [0.29, 0.717) is 11.5 Å². The first-order valence-electron chi connectivity index (χ1n) is 27.5. The predicted molar refractivity (Wildman–Crippen MR) is 336 cm³/mol. The summed E-state index contributed by atoms with van der Waals surface area (Å²) >= 11 is 0. The number of nitrogens with zero attached hydrogens (tertiary/aromatic N) is 9. The van der Waals surface area contributed by atoms with Crippen LogP contribution >= 0.6 is 0 Å². The molecule has 81 heavy (non-hydrogen) atoms. The number of anilines is 20. The van der Waals surface area contributed by atoms with Crippen molar-refractivity contribution in [2.24, 2.45) is 0 Å². The van der Waals surface area contributed by atoms with Gasteiger partial charge in [-0.1, -0.05) is 140 Å². The quantitative estimate of drug-likeness (QED) is 0.161. The van der Waals surface area contributed by atoms with Crippen LogP contribution in [-0.2, 0) is 0 Å². The Balaban J connectivity index is 1.24. The number of fused-ring (bicyclic) bond motifs is 9. The number of hydrogen-bond acceptors (Lipinski definition) is 10. The van der Waals surface area contributed by atoms with E-state index in [2.05, 4.69) is 298 Å². The Morgan fingerprint density at radius 2 is 0.506 bits per heavy atom. The zero-order valence-corrected chi connectivity index (χ0v) is 45.1. The van der Waals surface area contributed by atoms with Gasteiger partial charge in [0.2, 0.25) is 5.89 Å². The van der Waals surface area contributed by atoms with E-state index in [1.54, 1.807) is 0 Å². The molecule has 12 aromatic rings. The molecule has 388 valence electrons. The number of oxazole rings is 1. The fourth-order valence-electron chi connectivity index (χ4n) is 13.1. The molecular formula is C71H53N9O. The number of benzene rings is 11. The molecule has 1 aromatic heterocycles. The summed E-state index contributed by atoms with van der Waals surface area (Å²) in [6, 6.07) is 89.7. The van der Waals surface area contributed by atoms with Gasteiger partial charge in [-0.2, -0.15) is 0 Å². The molecule has 0 N–H and O–H groups in total. The molecule has 10 nitrogen and oxygen atoms in total. The van der Waals surface area contributed by atoms with Gasteiger partial charge in [0.25, 0.3) is 0 Å². The third kappa shape index (κ3) is 6.71. The summed E-state index contributed by atoms with van der Waals surface area (Å²) < 4.78 is 7.48. The zero-order valence-electron chi connectivity index (χ0n) is 45.1. The average molecular weight is 1050 g/mol. The van der Waals surface area contributed by atoms with E-state index in [-0.39, 0.29) is 0 Å². The van der Waals surface area contributed by atoms with Crippen molar-refractivity contribution in [3.63, 3.8) is 0 Å². The highest BCUT2D eigenvalue weighted by Crippen LogP contribution is 2.70. The highest BCUT2D eigenvalue weighted by Gasteiger charge is 2.46. The van der Waals surface area contributed by atoms with Gasteiger partial charge in [-0.05, 0) is 115 Å². The van der Waals surface area contributed by atoms with E-state index in [1.165, 1.54) is 0 Å². The van der Waals surface area contributed by atoms with Gasteiger partial charge < -0.3 is 43.6 Å². The fourth-order valence-corrected chi connectivity index (χ4v) is 13.1. The standard InChI is InChI=1S/C71H53N9O/c1-73-48-29-9-17-37-56(48)77(57-38-18-10-30-49(57)73)67-65(46-26-6-5-7-27-46)68(78-58-39-19-11-31-50(58)74(2)51-32-12-20-40-59(51)78)70(80-62-43-23-15-35-54(62)76(4)55-36-16-24-44-63(55)80)69(66(67)71-72-47-28-8-25-45-64(47)81-71)79-60-41-21-13-33-52(60)75(3)53-34-14-22-42-61(53)79/h5-45H,1-4H3. The lowest BCUT2D eigenvalue weighted by Crippen LogP contribution is -2.32. The van der Waals surface area contributed by atoms with Crippen molar-refractivity contribution in [2.45, 2.75) is 0 Å². The molecule has 0 bridgehead atoms. The van der Waals surface area contributed by atoms with Gasteiger partial charge in [0.05, 0.1) is 119 Å². The Labute approximate surface area is 470 Å². The Morgan fingerprint density at radius 3 is 0.840 bits per heavy atom. The van der Waals surface area contributed by atoms with Crippen LogP contribution in [-0.4, -0.2) is 33.2 Å². The van der Waals surface area contributed by atoms with Crippen LogP contribution in [0.1, 0.15) is 0 Å². The minimum absolute atomic E-state index is 0.476. The van der Waals surface area contributed by atoms with Crippen LogP contribution in [0, 0.1) is 0 Å². The summed E-state index contributed by atoms with van der Waals surface area (Å²) in [7, 11) is 8.72. The van der Waals surface area contributed by atoms with Crippen LogP contribution in [0.15, 0.2) is 253 Å². The minimum atomic E-state index is 0.476. The smallest absolute Gasteiger partial charge is 0.231 e. The second kappa shape index (κ2) is 17.9. The molecule has 0 atom stereocenters. The number of aromatic nitrogens is 1. The molecule has 16 rings (SSSR count). The van der Waals surface area contributed by atoms with Crippen LogP contribution in [0.25, 0.3) is 33.7 Å². The van der Waals surface area contributed by atoms with Gasteiger partial charge in [-0.3, -0.25) is 0 Å². The van der Waals surface area contributed by atoms with Crippen molar-refractivity contribution in [3.8, 4) is 22.6 Å². The maximum Gasteiger partial charge on any atom is 0.231 e. The fraction of sp³-hybridized carbons (Fsp3) is 0.0563. The molecule has 11 aromatic carbocycles. The van der Waals surface area contributed by atoms with Crippen molar-refractivity contribution in [1.29, 1.82) is 0 Å². The summed E-state index contributed by atoms with van der Waals surface area (Å²) in [4.78, 5) is 25.1. The molecule has 4 aliphatic heterocycles. The van der Waals surface area contributed by atoms with Crippen molar-refractivity contribution in [2.75, 3.05) is 67.4 Å². The molecule has 0 radical (unpaired) electrons. The highest BCUT2D eigenvalue weighted by molar-refractivity contribution is 6.23. The second-order valence-electron chi connectivity index (χ2n) is 21.0. The first-order valence-corrected chi connectivity index (χ1v) is 27.5. The largest absolute Gasteiger partial charge is 0.436 e. The molecule has 0 unspecified atom stereocenters. The van der Waals surface area contributed by atoms with E-state index >= 15 is 0 Å². The van der Waals surface area contributed by atoms with Crippen LogP contribution in [0.2, 0.25) is 0 Å². The molecule has 0 fully saturated rings. The maximum atomic E-state index is 7.48. The monoisotopic (exact) mass is 1050 g/mol. The third-order valence-corrected chi connectivity index (χ3v) is 16.7. The van der Waals surface area contributed by atoms with Gasteiger partial charge in [0.15, 0.2) is 5.58 Å². The minimum Gasteiger partial charge on any atom is -0.436 e. The van der Waals surface area contributed by atoms with Crippen LogP contribution in [0.3, 0.4) is 0 Å². The SMILES string of the molecule is CN1c2ccccc2N(c2c(-c3ccccc3)c(N3c4ccccc4N(C)c4ccccc43)c(N3c4ccccc4N(C)c4ccccc43)c(N3c4ccccc4N(C)c4ccccc43)c2-c2nc3ccccc3o2)c2ccccc21. The van der Waals surface area contributed by atoms with E-state index in [1.807, 2.05) is 18.2 Å². The molecule has 0 spiro atoms. The summed E-state index contributed by atoms with van der Waals surface area (Å²) in [5, 5.41) is 0. The molecule has 5 heterocycles. The molecule has 10 heteroatoms. The molecule has 0 saturated carbocycles. The van der Waals surface area contributed by atoms with Crippen LogP contribution in [0.4, 0.5) is 114 Å². The van der Waals surface area contributed by atoms with E-state index in [0.717, 1.165) is 136 Å². The van der Waals surface area contributed by atoms with E-state index in [9.17, 15) is 0 Å². The van der Waals surface area contributed by atoms with Gasteiger partial charge in [0, 0.05) is 33.8 Å². The normalized spacial score (nSPS) is 13.7. The lowest BCUT2D eigenvalue weighted by atomic mass is 9.88. The molecule has 0 aliphatic carbocycles. The molecule has 0 saturated heterocycles. The summed E-state index contributed by atoms with van der Waals surface area (Å²) in [6.07, 6.45) is 0. The van der Waals surface area contributed by atoms with Gasteiger partial charge >= 0.3 is 0 Å². The Bertz CT molecular complexity index is 4290. The van der Waals surface area contributed by atoms with Crippen molar-refractivity contribution < 1.29 is 4.42 Å². The highest BCUT2D eigenvalue weighted by atomic mass is 16.3. The van der Waals surface area contributed by atoms with Crippen molar-refractivity contribution in [3.05, 3.63) is 249 Å². The first kappa shape index (κ1) is 46.4. The predicted octanol–water partition coefficient (Wildman–Crippen LogP) is 19.4. The van der Waals surface area contributed by atoms with E-state index in [4.69, 9.17) is 9.40 Å². The number of para-hydroxylation sites is 18. The Hall–Kier alpha value is -10.7. The van der Waals surface area contributed by atoms with Gasteiger partial charge in [-0.15, -0.1) is 0 Å². The van der Waals surface area contributed by atoms with Gasteiger partial charge in [0.1, 0.15) is 5.52 Å². The molecular weight excluding hydrogens is 995 g/mol. The second-order valence-corrected chi connectivity index (χ2v) is 21.0. The lowest BCUT2D eigenvalue weighted by molar-refractivity contribution is 0.620. The topological polar surface area (TPSA) is 52.0 Å². The zero-order chi connectivity index (χ0) is 54.0. The van der Waals surface area contributed by atoms with Gasteiger partial charge in [-0.25, -0.2) is 4.98 Å². The molecule has 0 amide bonds. The summed E-state index contributed by atoms with van der Waals surface area (Å²) in [6.45, 7) is 0. The number of hydrogen-bond donors (Lipinski definition) is 0. The molecule has 4 aliphatic rings. The maximum absolute atomic E-state index is 7.48.